The fraction of sp³-hybridized carbons (Fsp3) is 0.300. The van der Waals surface area contributed by atoms with Crippen molar-refractivity contribution >= 4 is 6.29 Å². The lowest BCUT2D eigenvalue weighted by Gasteiger charge is -2.08. The summed E-state index contributed by atoms with van der Waals surface area (Å²) in [5.74, 6) is 0.298. The minimum absolute atomic E-state index is 0.0742. The van der Waals surface area contributed by atoms with Crippen LogP contribution in [0.2, 0.25) is 0 Å². The standard InChI is InChI=1S/C10H12O4/c1-13-5-6-14-10-4-2-3-9(12)8(10)7-11/h2-4,7,12H,5-6H2,1H3. The van der Waals surface area contributed by atoms with Gasteiger partial charge in [0.15, 0.2) is 6.29 Å². The summed E-state index contributed by atoms with van der Waals surface area (Å²) in [6.45, 7) is 0.786. The van der Waals surface area contributed by atoms with Crippen LogP contribution in [0, 0.1) is 0 Å². The van der Waals surface area contributed by atoms with E-state index in [2.05, 4.69) is 0 Å². The molecule has 1 N–H and O–H groups in total. The van der Waals surface area contributed by atoms with Crippen LogP contribution in [0.25, 0.3) is 0 Å². The maximum absolute atomic E-state index is 10.6. The van der Waals surface area contributed by atoms with Crippen molar-refractivity contribution < 1.29 is 19.4 Å². The minimum atomic E-state index is -0.0742. The van der Waals surface area contributed by atoms with Crippen molar-refractivity contribution in [2.45, 2.75) is 0 Å². The van der Waals surface area contributed by atoms with Crippen molar-refractivity contribution in [1.82, 2.24) is 0 Å². The maximum Gasteiger partial charge on any atom is 0.157 e. The minimum Gasteiger partial charge on any atom is -0.507 e. The summed E-state index contributed by atoms with van der Waals surface area (Å²) in [6.07, 6.45) is 0.567. The van der Waals surface area contributed by atoms with E-state index in [0.717, 1.165) is 0 Å². The van der Waals surface area contributed by atoms with Gasteiger partial charge in [0.1, 0.15) is 18.1 Å². The van der Waals surface area contributed by atoms with Gasteiger partial charge in [0, 0.05) is 7.11 Å². The summed E-state index contributed by atoms with van der Waals surface area (Å²) in [4.78, 5) is 10.6. The van der Waals surface area contributed by atoms with Gasteiger partial charge in [-0.15, -0.1) is 0 Å². The average molecular weight is 196 g/mol. The monoisotopic (exact) mass is 196 g/mol. The van der Waals surface area contributed by atoms with Crippen LogP contribution in [-0.4, -0.2) is 31.7 Å². The molecule has 0 aromatic heterocycles. The Morgan fingerprint density at radius 3 is 2.86 bits per heavy atom. The highest BCUT2D eigenvalue weighted by atomic mass is 16.5. The molecule has 0 aliphatic rings. The van der Waals surface area contributed by atoms with E-state index in [1.165, 1.54) is 6.07 Å². The van der Waals surface area contributed by atoms with E-state index < -0.39 is 0 Å². The number of hydrogen-bond acceptors (Lipinski definition) is 4. The Bertz CT molecular complexity index is 309. The quantitative estimate of drug-likeness (QED) is 0.568. The number of hydrogen-bond donors (Lipinski definition) is 1. The van der Waals surface area contributed by atoms with Gasteiger partial charge < -0.3 is 14.6 Å². The first-order valence-electron chi connectivity index (χ1n) is 4.18. The van der Waals surface area contributed by atoms with E-state index in [9.17, 15) is 9.90 Å². The Balaban J connectivity index is 2.75. The summed E-state index contributed by atoms with van der Waals surface area (Å²) >= 11 is 0. The highest BCUT2D eigenvalue weighted by molar-refractivity contribution is 5.83. The highest BCUT2D eigenvalue weighted by Crippen LogP contribution is 2.25. The molecule has 1 aromatic carbocycles. The number of carbonyl (C=O) groups excluding carboxylic acids is 1. The third-order valence-electron chi connectivity index (χ3n) is 1.71. The van der Waals surface area contributed by atoms with Crippen molar-refractivity contribution in [3.63, 3.8) is 0 Å². The molecular weight excluding hydrogens is 184 g/mol. The third-order valence-corrected chi connectivity index (χ3v) is 1.71. The second-order valence-corrected chi connectivity index (χ2v) is 2.65. The van der Waals surface area contributed by atoms with Gasteiger partial charge in [-0.1, -0.05) is 6.07 Å². The third kappa shape index (κ3) is 2.47. The molecule has 14 heavy (non-hydrogen) atoms. The van der Waals surface area contributed by atoms with Gasteiger partial charge >= 0.3 is 0 Å². The van der Waals surface area contributed by atoms with E-state index >= 15 is 0 Å². The molecule has 4 nitrogen and oxygen atoms in total. The smallest absolute Gasteiger partial charge is 0.157 e. The lowest BCUT2D eigenvalue weighted by atomic mass is 10.2. The van der Waals surface area contributed by atoms with Crippen LogP contribution < -0.4 is 4.74 Å². The van der Waals surface area contributed by atoms with E-state index in [1.807, 2.05) is 0 Å². The van der Waals surface area contributed by atoms with Crippen LogP contribution in [0.5, 0.6) is 11.5 Å². The van der Waals surface area contributed by atoms with Crippen LogP contribution in [0.3, 0.4) is 0 Å². The topological polar surface area (TPSA) is 55.8 Å². The number of carbonyl (C=O) groups is 1. The number of phenols is 1. The molecule has 1 rings (SSSR count). The van der Waals surface area contributed by atoms with Crippen molar-refractivity contribution in [1.29, 1.82) is 0 Å². The molecular formula is C10H12O4. The Morgan fingerprint density at radius 1 is 1.43 bits per heavy atom. The van der Waals surface area contributed by atoms with Crippen LogP contribution in [0.15, 0.2) is 18.2 Å². The summed E-state index contributed by atoms with van der Waals surface area (Å²) < 4.78 is 10.0. The SMILES string of the molecule is COCCOc1cccc(O)c1C=O. The molecule has 0 spiro atoms. The predicted molar refractivity (Wildman–Crippen MR) is 50.9 cm³/mol. The summed E-state index contributed by atoms with van der Waals surface area (Å²) in [5.41, 5.74) is 0.170. The van der Waals surface area contributed by atoms with E-state index in [0.29, 0.717) is 25.2 Å². The van der Waals surface area contributed by atoms with Crippen molar-refractivity contribution in [2.75, 3.05) is 20.3 Å². The summed E-state index contributed by atoms with van der Waals surface area (Å²) in [7, 11) is 1.56. The Morgan fingerprint density at radius 2 is 2.21 bits per heavy atom. The van der Waals surface area contributed by atoms with Crippen molar-refractivity contribution in [3.05, 3.63) is 23.8 Å². The molecule has 1 aromatic rings. The number of aldehydes is 1. The number of methoxy groups -OCH3 is 1. The van der Waals surface area contributed by atoms with Gasteiger partial charge in [-0.25, -0.2) is 0 Å². The zero-order valence-corrected chi connectivity index (χ0v) is 7.90. The molecule has 76 valence electrons. The molecule has 0 saturated heterocycles. The predicted octanol–water partition coefficient (Wildman–Crippen LogP) is 1.23. The van der Waals surface area contributed by atoms with Crippen LogP contribution >= 0.6 is 0 Å². The number of rotatable bonds is 5. The van der Waals surface area contributed by atoms with Crippen molar-refractivity contribution in [3.8, 4) is 11.5 Å². The van der Waals surface area contributed by atoms with Gasteiger partial charge in [0.2, 0.25) is 0 Å². The lowest BCUT2D eigenvalue weighted by molar-refractivity contribution is 0.111. The highest BCUT2D eigenvalue weighted by Gasteiger charge is 2.06. The first-order valence-corrected chi connectivity index (χ1v) is 4.18. The molecule has 0 bridgehead atoms. The fourth-order valence-electron chi connectivity index (χ4n) is 1.01. The molecule has 0 fully saturated rings. The largest absolute Gasteiger partial charge is 0.507 e. The molecule has 0 aliphatic carbocycles. The van der Waals surface area contributed by atoms with Crippen LogP contribution in [0.4, 0.5) is 0 Å². The number of phenolic OH excluding ortho intramolecular Hbond substituents is 1. The lowest BCUT2D eigenvalue weighted by Crippen LogP contribution is -2.05. The molecule has 0 aliphatic heterocycles. The van der Waals surface area contributed by atoms with Gasteiger partial charge in [0.05, 0.1) is 12.2 Å². The van der Waals surface area contributed by atoms with Gasteiger partial charge in [-0.05, 0) is 12.1 Å². The second kappa shape index (κ2) is 5.24. The number of benzene rings is 1. The zero-order chi connectivity index (χ0) is 10.4. The van der Waals surface area contributed by atoms with E-state index in [4.69, 9.17) is 9.47 Å². The molecule has 0 radical (unpaired) electrons. The van der Waals surface area contributed by atoms with E-state index in [-0.39, 0.29) is 11.3 Å². The second-order valence-electron chi connectivity index (χ2n) is 2.65. The molecule has 4 heteroatoms. The average Bonchev–Trinajstić information content (AvgIpc) is 2.18. The molecule has 0 heterocycles. The Kier molecular flexibility index (Phi) is 3.94. The van der Waals surface area contributed by atoms with Crippen LogP contribution in [-0.2, 0) is 4.74 Å². The zero-order valence-electron chi connectivity index (χ0n) is 7.90. The van der Waals surface area contributed by atoms with E-state index in [1.54, 1.807) is 19.2 Å². The fourth-order valence-corrected chi connectivity index (χ4v) is 1.01. The Labute approximate surface area is 82.1 Å². The molecule has 0 atom stereocenters. The molecule has 0 amide bonds. The number of aromatic hydroxyl groups is 1. The Hall–Kier alpha value is -1.55. The van der Waals surface area contributed by atoms with Crippen molar-refractivity contribution in [2.24, 2.45) is 0 Å². The van der Waals surface area contributed by atoms with Crippen LogP contribution in [0.1, 0.15) is 10.4 Å². The summed E-state index contributed by atoms with van der Waals surface area (Å²) in [6, 6.07) is 4.68. The maximum atomic E-state index is 10.6. The molecule has 0 saturated carbocycles. The first kappa shape index (κ1) is 10.5. The van der Waals surface area contributed by atoms with Gasteiger partial charge in [0.25, 0.3) is 0 Å². The molecule has 0 unspecified atom stereocenters. The van der Waals surface area contributed by atoms with Gasteiger partial charge in [-0.2, -0.15) is 0 Å². The summed E-state index contributed by atoms with van der Waals surface area (Å²) in [5, 5.41) is 9.31. The first-order chi connectivity index (χ1) is 6.79. The van der Waals surface area contributed by atoms with Gasteiger partial charge in [-0.3, -0.25) is 4.79 Å². The number of ether oxygens (including phenoxy) is 2. The normalized spacial score (nSPS) is 9.79.